The van der Waals surface area contributed by atoms with Crippen molar-refractivity contribution in [2.24, 2.45) is 0 Å². The molecule has 10 radical (unpaired) electrons. The van der Waals surface area contributed by atoms with Gasteiger partial charge in [-0.2, -0.15) is 23.4 Å². The average Bonchev–Trinajstić information content (AvgIpc) is 0. The minimum Gasteiger partial charge on any atom is -0.344 e. The molecule has 7 heteroatoms. The van der Waals surface area contributed by atoms with E-state index in [1.54, 1.807) is 0 Å². The first kappa shape index (κ1) is 150. The molecule has 1 unspecified atom stereocenters. The Bertz CT molecular complexity index is 24.0. The second-order valence-electron chi connectivity index (χ2n) is 0. The smallest absolute Gasteiger partial charge is 0 e. The predicted octanol–water partition coefficient (Wildman–Crippen LogP) is -0.176. The topological polar surface area (TPSA) is 35.0 Å². The molecule has 0 bridgehead atoms. The summed E-state index contributed by atoms with van der Waals surface area (Å²) >= 11 is 0. The van der Waals surface area contributed by atoms with E-state index in [1.807, 2.05) is 0 Å². The van der Waals surface area contributed by atoms with Crippen LogP contribution in [-0.2, 0) is 17.1 Å². The Balaban J connectivity index is 0. The van der Waals surface area contributed by atoms with Crippen molar-refractivity contribution in [1.82, 2.24) is 6.15 Å². The van der Waals surface area contributed by atoms with Crippen LogP contribution in [0.25, 0.3) is 0 Å². The summed E-state index contributed by atoms with van der Waals surface area (Å²) in [7, 11) is 0. The zero-order valence-electron chi connectivity index (χ0n) is 3.78. The molecule has 0 aromatic carbocycles. The van der Waals surface area contributed by atoms with Gasteiger partial charge in [0, 0.05) is 62.5 Å². The maximum absolute atomic E-state index is 0. The van der Waals surface area contributed by atoms with Gasteiger partial charge in [0.05, 0.1) is 0 Å². The second kappa shape index (κ2) is 108. The molecule has 52 valence electrons. The largest absolute Gasteiger partial charge is 0.344 e. The summed E-state index contributed by atoms with van der Waals surface area (Å²) in [4.78, 5) is 0. The molecule has 0 aliphatic heterocycles. The molecular weight excluding hydrogens is 278 g/mol. The van der Waals surface area contributed by atoms with Crippen molar-refractivity contribution in [1.29, 1.82) is 0 Å². The summed E-state index contributed by atoms with van der Waals surface area (Å²) in [6, 6.07) is 0. The maximum Gasteiger partial charge on any atom is 0 e. The van der Waals surface area contributed by atoms with Gasteiger partial charge in [-0.05, 0) is 0 Å². The minimum atomic E-state index is 0. The Hall–Kier alpha value is 2.53. The number of hydrogen-bond acceptors (Lipinski definition) is 1. The third kappa shape index (κ3) is 75.6. The number of hydrogen-bond donors (Lipinski definition) is 1. The van der Waals surface area contributed by atoms with Crippen molar-refractivity contribution in [3.63, 3.8) is 0 Å². The van der Waals surface area contributed by atoms with Crippen LogP contribution in [0.4, 0.5) is 0 Å². The summed E-state index contributed by atoms with van der Waals surface area (Å²) in [5, 5.41) is 0. The van der Waals surface area contributed by atoms with Crippen LogP contribution in [0.2, 0.25) is 0 Å². The van der Waals surface area contributed by atoms with E-state index in [9.17, 15) is 0 Å². The Labute approximate surface area is 98.7 Å². The summed E-state index contributed by atoms with van der Waals surface area (Å²) in [5.74, 6) is 0. The van der Waals surface area contributed by atoms with E-state index >= 15 is 0 Å². The first-order valence-electron chi connectivity index (χ1n) is 0. The van der Waals surface area contributed by atoms with Gasteiger partial charge >= 0.3 is 0 Å². The molecular formula is CH12AlMnNPSSeSi. The molecule has 0 aromatic rings. The Morgan fingerprint density at radius 3 is 1.00 bits per heavy atom. The van der Waals surface area contributed by atoms with Gasteiger partial charge in [0.2, 0.25) is 0 Å². The van der Waals surface area contributed by atoms with E-state index in [0.717, 1.165) is 0 Å². The maximum atomic E-state index is 0. The van der Waals surface area contributed by atoms with Crippen LogP contribution < -0.4 is 6.15 Å². The Kier molecular flexibility index (Phi) is 2030. The molecule has 1 nitrogen and oxygen atoms in total. The molecule has 8 heavy (non-hydrogen) atoms. The quantitative estimate of drug-likeness (QED) is 0.488. The van der Waals surface area contributed by atoms with E-state index in [0.29, 0.717) is 0 Å². The van der Waals surface area contributed by atoms with E-state index in [1.165, 1.54) is 0 Å². The summed E-state index contributed by atoms with van der Waals surface area (Å²) in [6.45, 7) is 0. The fourth-order valence-electron chi connectivity index (χ4n) is 0. The number of rotatable bonds is 0. The average molecular weight is 290 g/mol. The van der Waals surface area contributed by atoms with Gasteiger partial charge in [-0.15, -0.1) is 0 Å². The molecule has 0 saturated carbocycles. The van der Waals surface area contributed by atoms with Crippen molar-refractivity contribution in [2.75, 3.05) is 0 Å². The molecule has 0 heterocycles. The van der Waals surface area contributed by atoms with Crippen molar-refractivity contribution < 1.29 is 17.1 Å². The van der Waals surface area contributed by atoms with Crippen LogP contribution in [0.15, 0.2) is 0 Å². The van der Waals surface area contributed by atoms with E-state index in [4.69, 9.17) is 0 Å². The standard InChI is InChI=1S/CH4.Al.Mn.H3N.H3P.H2S.Se.Si/h1H4;;;2*1H3;1H2;;. The summed E-state index contributed by atoms with van der Waals surface area (Å²) in [5.41, 5.74) is 0. The molecule has 0 spiro atoms. The van der Waals surface area contributed by atoms with Crippen LogP contribution in [0.3, 0.4) is 0 Å². The third-order valence-corrected chi connectivity index (χ3v) is 0. The van der Waals surface area contributed by atoms with Crippen LogP contribution in [0.1, 0.15) is 7.43 Å². The third-order valence-electron chi connectivity index (χ3n) is 0. The predicted molar refractivity (Wildman–Crippen MR) is 50.5 cm³/mol. The van der Waals surface area contributed by atoms with Crippen LogP contribution in [0, 0.1) is 0 Å². The molecule has 3 N–H and O–H groups in total. The minimum absolute atomic E-state index is 0. The van der Waals surface area contributed by atoms with Gasteiger partial charge in [0.15, 0.2) is 0 Å². The van der Waals surface area contributed by atoms with Gasteiger partial charge in [-0.3, -0.25) is 0 Å². The molecule has 0 saturated heterocycles. The van der Waals surface area contributed by atoms with Gasteiger partial charge in [0.25, 0.3) is 0 Å². The van der Waals surface area contributed by atoms with E-state index < -0.39 is 0 Å². The Morgan fingerprint density at radius 1 is 1.00 bits per heavy atom. The van der Waals surface area contributed by atoms with Crippen molar-refractivity contribution in [3.05, 3.63) is 0 Å². The van der Waals surface area contributed by atoms with Gasteiger partial charge < -0.3 is 6.15 Å². The van der Waals surface area contributed by atoms with E-state index in [2.05, 4.69) is 0 Å². The monoisotopic (exact) mass is 291 g/mol. The molecule has 0 rings (SSSR count). The van der Waals surface area contributed by atoms with Crippen molar-refractivity contribution in [3.8, 4) is 0 Å². The van der Waals surface area contributed by atoms with Gasteiger partial charge in [0.1, 0.15) is 0 Å². The first-order chi connectivity index (χ1) is 0. The normalized spacial score (nSPS) is 0. The molecule has 1 atom stereocenters. The first-order valence-corrected chi connectivity index (χ1v) is 0. The fourth-order valence-corrected chi connectivity index (χ4v) is 0. The summed E-state index contributed by atoms with van der Waals surface area (Å²) < 4.78 is 0. The second-order valence-corrected chi connectivity index (χ2v) is 0. The molecule has 0 aromatic heterocycles. The molecule has 0 amide bonds. The van der Waals surface area contributed by atoms with Crippen LogP contribution in [-0.4, -0.2) is 45.4 Å². The summed E-state index contributed by atoms with van der Waals surface area (Å²) in [6.07, 6.45) is 0. The van der Waals surface area contributed by atoms with Crippen LogP contribution in [0.5, 0.6) is 0 Å². The van der Waals surface area contributed by atoms with Crippen molar-refractivity contribution >= 4 is 68.8 Å². The Morgan fingerprint density at radius 2 is 1.00 bits per heavy atom. The zero-order valence-corrected chi connectivity index (χ0v) is 11.2. The zero-order chi connectivity index (χ0) is 0. The molecule has 0 fully saturated rings. The van der Waals surface area contributed by atoms with E-state index in [-0.39, 0.29) is 99.4 Å². The van der Waals surface area contributed by atoms with Gasteiger partial charge in [-0.25, -0.2) is 0 Å². The van der Waals surface area contributed by atoms with Gasteiger partial charge in [-0.1, -0.05) is 7.43 Å². The fraction of sp³-hybridized carbons (Fsp3) is 1.00. The van der Waals surface area contributed by atoms with Crippen molar-refractivity contribution in [2.45, 2.75) is 7.43 Å². The molecule has 0 aliphatic carbocycles. The SMILES string of the molecule is C.N.P.S.[Al].[Mn].[Se].[Si]. The molecule has 0 aliphatic rings. The van der Waals surface area contributed by atoms with Crippen LogP contribution >= 0.6 is 23.4 Å².